The molecule has 0 heterocycles. The van der Waals surface area contributed by atoms with Gasteiger partial charge in [0.25, 0.3) is 0 Å². The van der Waals surface area contributed by atoms with E-state index in [2.05, 4.69) is 0 Å². The fourth-order valence-electron chi connectivity index (χ4n) is 2.25. The number of hydrogen-bond donors (Lipinski definition) is 6. The van der Waals surface area contributed by atoms with Gasteiger partial charge in [-0.3, -0.25) is 0 Å². The van der Waals surface area contributed by atoms with E-state index in [9.17, 15) is 25.5 Å². The van der Waals surface area contributed by atoms with Crippen LogP contribution in [0.15, 0.2) is 0 Å². The smallest absolute Gasteiger partial charge is 0.125 e. The first kappa shape index (κ1) is 9.32. The van der Waals surface area contributed by atoms with E-state index in [0.717, 1.165) is 0 Å². The SMILES string of the molecule is OC1C(O)C2(O)CC(O)(C1O)C2O. The fourth-order valence-corrected chi connectivity index (χ4v) is 2.25. The van der Waals surface area contributed by atoms with Crippen LogP contribution in [-0.2, 0) is 0 Å². The molecule has 3 aliphatic carbocycles. The van der Waals surface area contributed by atoms with Crippen LogP contribution < -0.4 is 0 Å². The lowest BCUT2D eigenvalue weighted by Gasteiger charge is -2.63. The Morgan fingerprint density at radius 3 is 1.54 bits per heavy atom. The molecule has 2 bridgehead atoms. The van der Waals surface area contributed by atoms with Crippen molar-refractivity contribution in [1.29, 1.82) is 0 Å². The molecule has 0 aliphatic heterocycles. The van der Waals surface area contributed by atoms with Crippen LogP contribution in [0.3, 0.4) is 0 Å². The molecule has 6 nitrogen and oxygen atoms in total. The number of aliphatic hydroxyl groups excluding tert-OH is 4. The maximum Gasteiger partial charge on any atom is 0.125 e. The molecule has 76 valence electrons. The molecule has 3 fully saturated rings. The van der Waals surface area contributed by atoms with Crippen LogP contribution in [0.25, 0.3) is 0 Å². The molecule has 13 heavy (non-hydrogen) atoms. The summed E-state index contributed by atoms with van der Waals surface area (Å²) in [6.45, 7) is 0. The van der Waals surface area contributed by atoms with Gasteiger partial charge in [-0.15, -0.1) is 0 Å². The van der Waals surface area contributed by atoms with E-state index in [1.807, 2.05) is 0 Å². The van der Waals surface area contributed by atoms with Crippen molar-refractivity contribution < 1.29 is 30.6 Å². The van der Waals surface area contributed by atoms with E-state index in [0.29, 0.717) is 0 Å². The van der Waals surface area contributed by atoms with Crippen molar-refractivity contribution in [3.05, 3.63) is 0 Å². The van der Waals surface area contributed by atoms with E-state index in [1.165, 1.54) is 0 Å². The van der Waals surface area contributed by atoms with Crippen LogP contribution in [-0.4, -0.2) is 66.3 Å². The largest absolute Gasteiger partial charge is 0.387 e. The highest BCUT2D eigenvalue weighted by Crippen LogP contribution is 2.52. The van der Waals surface area contributed by atoms with Crippen LogP contribution in [0, 0.1) is 0 Å². The Kier molecular flexibility index (Phi) is 1.59. The highest BCUT2D eigenvalue weighted by atomic mass is 16.5. The zero-order chi connectivity index (χ0) is 10.0. The van der Waals surface area contributed by atoms with Crippen molar-refractivity contribution >= 4 is 0 Å². The van der Waals surface area contributed by atoms with Crippen LogP contribution >= 0.6 is 0 Å². The molecule has 0 spiro atoms. The molecule has 6 heteroatoms. The van der Waals surface area contributed by atoms with E-state index in [4.69, 9.17) is 5.11 Å². The molecule has 0 amide bonds. The highest BCUT2D eigenvalue weighted by molar-refractivity contribution is 5.26. The molecular weight excluding hydrogens is 180 g/mol. The van der Waals surface area contributed by atoms with Gasteiger partial charge in [-0.25, -0.2) is 0 Å². The Hall–Kier alpha value is -0.240. The molecule has 4 atom stereocenters. The summed E-state index contributed by atoms with van der Waals surface area (Å²) in [7, 11) is 0. The van der Waals surface area contributed by atoms with E-state index >= 15 is 0 Å². The van der Waals surface area contributed by atoms with Gasteiger partial charge in [-0.2, -0.15) is 0 Å². The summed E-state index contributed by atoms with van der Waals surface area (Å²) in [4.78, 5) is 0. The minimum atomic E-state index is -1.90. The van der Waals surface area contributed by atoms with E-state index in [-0.39, 0.29) is 6.42 Å². The van der Waals surface area contributed by atoms with Gasteiger partial charge >= 0.3 is 0 Å². The zero-order valence-electron chi connectivity index (χ0n) is 6.70. The minimum Gasteiger partial charge on any atom is -0.387 e. The molecule has 3 rings (SSSR count). The Bertz CT molecular complexity index is 211. The predicted octanol–water partition coefficient (Wildman–Crippen LogP) is -3.69. The van der Waals surface area contributed by atoms with Crippen molar-refractivity contribution in [3.8, 4) is 0 Å². The average molecular weight is 192 g/mol. The second-order valence-corrected chi connectivity index (χ2v) is 3.94. The molecule has 6 N–H and O–H groups in total. The predicted molar refractivity (Wildman–Crippen MR) is 38.5 cm³/mol. The van der Waals surface area contributed by atoms with E-state index < -0.39 is 35.6 Å². The molecule has 3 aliphatic rings. The fraction of sp³-hybridized carbons (Fsp3) is 1.00. The first-order valence-electron chi connectivity index (χ1n) is 4.01. The van der Waals surface area contributed by atoms with Crippen molar-refractivity contribution in [2.24, 2.45) is 0 Å². The topological polar surface area (TPSA) is 121 Å². The molecule has 3 saturated carbocycles. The lowest BCUT2D eigenvalue weighted by Crippen LogP contribution is -2.86. The third kappa shape index (κ3) is 0.786. The van der Waals surface area contributed by atoms with Crippen LogP contribution in [0.2, 0.25) is 0 Å². The van der Waals surface area contributed by atoms with Gasteiger partial charge in [0.1, 0.15) is 35.6 Å². The van der Waals surface area contributed by atoms with Crippen molar-refractivity contribution in [2.75, 3.05) is 0 Å². The highest BCUT2D eigenvalue weighted by Gasteiger charge is 2.75. The Labute approximate surface area is 73.7 Å². The lowest BCUT2D eigenvalue weighted by molar-refractivity contribution is -0.379. The summed E-state index contributed by atoms with van der Waals surface area (Å²) in [6.07, 6.45) is -6.85. The van der Waals surface area contributed by atoms with Gasteiger partial charge in [-0.1, -0.05) is 0 Å². The number of hydrogen-bond acceptors (Lipinski definition) is 6. The summed E-state index contributed by atoms with van der Waals surface area (Å²) in [5.74, 6) is 0. The van der Waals surface area contributed by atoms with Crippen molar-refractivity contribution in [3.63, 3.8) is 0 Å². The lowest BCUT2D eigenvalue weighted by atomic mass is 9.52. The number of aliphatic hydroxyl groups is 6. The van der Waals surface area contributed by atoms with Gasteiger partial charge in [0, 0.05) is 6.42 Å². The molecule has 0 aromatic rings. The maximum atomic E-state index is 9.50. The third-order valence-corrected chi connectivity index (χ3v) is 3.18. The van der Waals surface area contributed by atoms with Crippen molar-refractivity contribution in [1.82, 2.24) is 0 Å². The van der Waals surface area contributed by atoms with Gasteiger partial charge in [0.2, 0.25) is 0 Å². The van der Waals surface area contributed by atoms with Crippen LogP contribution in [0.1, 0.15) is 6.42 Å². The van der Waals surface area contributed by atoms with Gasteiger partial charge in [0.05, 0.1) is 0 Å². The second-order valence-electron chi connectivity index (χ2n) is 3.94. The van der Waals surface area contributed by atoms with Gasteiger partial charge < -0.3 is 30.6 Å². The normalized spacial score (nSPS) is 66.0. The molecule has 0 radical (unpaired) electrons. The summed E-state index contributed by atoms with van der Waals surface area (Å²) in [5.41, 5.74) is -3.79. The maximum absolute atomic E-state index is 9.50. The summed E-state index contributed by atoms with van der Waals surface area (Å²) >= 11 is 0. The summed E-state index contributed by atoms with van der Waals surface area (Å²) < 4.78 is 0. The molecule has 4 unspecified atom stereocenters. The monoisotopic (exact) mass is 192 g/mol. The van der Waals surface area contributed by atoms with Crippen molar-refractivity contribution in [2.45, 2.75) is 42.0 Å². The Morgan fingerprint density at radius 2 is 1.23 bits per heavy atom. The second kappa shape index (κ2) is 2.22. The Morgan fingerprint density at radius 1 is 0.846 bits per heavy atom. The van der Waals surface area contributed by atoms with E-state index in [1.54, 1.807) is 0 Å². The number of fused-ring (bicyclic) bond motifs is 2. The van der Waals surface area contributed by atoms with Gasteiger partial charge in [-0.05, 0) is 0 Å². The quantitative estimate of drug-likeness (QED) is 0.235. The average Bonchev–Trinajstić information content (AvgIpc) is 2.10. The number of rotatable bonds is 0. The first-order valence-corrected chi connectivity index (χ1v) is 4.01. The van der Waals surface area contributed by atoms with Crippen LogP contribution in [0.5, 0.6) is 0 Å². The third-order valence-electron chi connectivity index (χ3n) is 3.18. The van der Waals surface area contributed by atoms with Gasteiger partial charge in [0.15, 0.2) is 0 Å². The molecular formula is C7H12O6. The molecule has 0 aromatic carbocycles. The molecule has 0 saturated heterocycles. The summed E-state index contributed by atoms with van der Waals surface area (Å²) in [5, 5.41) is 56.0. The minimum absolute atomic E-state index is 0.333. The first-order chi connectivity index (χ1) is 5.84. The van der Waals surface area contributed by atoms with Crippen LogP contribution in [0.4, 0.5) is 0 Å². The zero-order valence-corrected chi connectivity index (χ0v) is 6.70. The standard InChI is InChI=1S/C7H12O6/c8-2-3(9)6(12)1-7(13,4(2)10)5(6)11/h2-5,8-13H,1H2. The molecule has 0 aromatic heterocycles. The Balaban J connectivity index is 2.35. The summed E-state index contributed by atoms with van der Waals surface area (Å²) in [6, 6.07) is 0.